The van der Waals surface area contributed by atoms with E-state index < -0.39 is 23.8 Å². The van der Waals surface area contributed by atoms with Crippen LogP contribution in [0.4, 0.5) is 11.4 Å². The van der Waals surface area contributed by atoms with Crippen molar-refractivity contribution in [1.29, 1.82) is 0 Å². The number of Topliss-reactive ketones (excluding diaryl/α,β-unsaturated/α-hetero) is 2. The number of hydrogen-bond donors (Lipinski definition) is 4. The van der Waals surface area contributed by atoms with E-state index in [0.29, 0.717) is 11.4 Å². The van der Waals surface area contributed by atoms with Crippen LogP contribution in [0, 0.1) is 0 Å². The van der Waals surface area contributed by atoms with E-state index in [0.717, 1.165) is 0 Å². The topological polar surface area (TPSA) is 136 Å². The number of benzene rings is 2. The molecule has 2 rings (SSSR count). The Balaban J connectivity index is 2.38. The molecule has 0 bridgehead atoms. The molecule has 7 nitrogen and oxygen atoms in total. The van der Waals surface area contributed by atoms with E-state index in [1.807, 2.05) is 0 Å². The summed E-state index contributed by atoms with van der Waals surface area (Å²) >= 11 is 0. The minimum Gasteiger partial charge on any atom is -0.399 e. The number of nitrogen functional groups attached to an aromatic ring is 2. The highest BCUT2D eigenvalue weighted by atomic mass is 16.5. The van der Waals surface area contributed by atoms with Crippen LogP contribution < -0.4 is 11.5 Å². The molecule has 0 saturated heterocycles. The quantitative estimate of drug-likeness (QED) is 0.239. The van der Waals surface area contributed by atoms with Crippen LogP contribution in [0.25, 0.3) is 0 Å². The molecule has 0 atom stereocenters. The molecule has 0 spiro atoms. The summed E-state index contributed by atoms with van der Waals surface area (Å²) in [5, 5.41) is 19.7. The van der Waals surface area contributed by atoms with Crippen molar-refractivity contribution in [3.05, 3.63) is 59.7 Å². The minimum atomic E-state index is -2.43. The number of carbonyl (C=O) groups is 2. The molecule has 0 fully saturated rings. The maximum Gasteiger partial charge on any atom is 0.214 e. The molecular formula is C18H20N2O5. The van der Waals surface area contributed by atoms with Crippen molar-refractivity contribution in [2.24, 2.45) is 0 Å². The summed E-state index contributed by atoms with van der Waals surface area (Å²) in [6.45, 7) is -1.01. The maximum atomic E-state index is 12.8. The third-order valence-corrected chi connectivity index (χ3v) is 3.64. The number of aliphatic hydroxyl groups excluding tert-OH is 1. The number of aliphatic hydroxyl groups is 2. The summed E-state index contributed by atoms with van der Waals surface area (Å²) in [5.74, 6) is -1.63. The Labute approximate surface area is 144 Å². The van der Waals surface area contributed by atoms with Gasteiger partial charge in [-0.1, -0.05) is 0 Å². The molecule has 0 aromatic heterocycles. The van der Waals surface area contributed by atoms with E-state index in [9.17, 15) is 14.7 Å². The Morgan fingerprint density at radius 2 is 1.28 bits per heavy atom. The van der Waals surface area contributed by atoms with E-state index in [-0.39, 0.29) is 24.3 Å². The van der Waals surface area contributed by atoms with Gasteiger partial charge < -0.3 is 26.4 Å². The van der Waals surface area contributed by atoms with Crippen molar-refractivity contribution in [2.45, 2.75) is 5.60 Å². The van der Waals surface area contributed by atoms with E-state index in [1.165, 1.54) is 48.5 Å². The second-order valence-corrected chi connectivity index (χ2v) is 5.54. The van der Waals surface area contributed by atoms with Crippen molar-refractivity contribution in [3.8, 4) is 0 Å². The Morgan fingerprint density at radius 3 is 1.64 bits per heavy atom. The monoisotopic (exact) mass is 344 g/mol. The first-order chi connectivity index (χ1) is 11.9. The molecule has 0 heterocycles. The lowest BCUT2D eigenvalue weighted by Gasteiger charge is -2.25. The molecule has 0 amide bonds. The summed E-state index contributed by atoms with van der Waals surface area (Å²) in [7, 11) is 0. The van der Waals surface area contributed by atoms with Crippen LogP contribution in [0.2, 0.25) is 0 Å². The predicted molar refractivity (Wildman–Crippen MR) is 93.2 cm³/mol. The van der Waals surface area contributed by atoms with E-state index >= 15 is 0 Å². The van der Waals surface area contributed by atoms with Gasteiger partial charge in [-0.25, -0.2) is 0 Å². The van der Waals surface area contributed by atoms with Crippen LogP contribution in [0.5, 0.6) is 0 Å². The Kier molecular flexibility index (Phi) is 5.87. The molecule has 2 aromatic rings. The zero-order chi connectivity index (χ0) is 18.4. The van der Waals surface area contributed by atoms with Gasteiger partial charge in [0.2, 0.25) is 17.2 Å². The largest absolute Gasteiger partial charge is 0.399 e. The SMILES string of the molecule is Nc1ccc(C(=O)C(O)(COCCO)C(=O)c2ccc(N)cc2)cc1. The molecule has 7 heteroatoms. The zero-order valence-electron chi connectivity index (χ0n) is 13.5. The predicted octanol–water partition coefficient (Wildman–Crippen LogP) is 0.657. The van der Waals surface area contributed by atoms with Crippen molar-refractivity contribution in [2.75, 3.05) is 31.3 Å². The average molecular weight is 344 g/mol. The number of anilines is 2. The van der Waals surface area contributed by atoms with E-state index in [2.05, 4.69) is 0 Å². The molecule has 0 aliphatic rings. The smallest absolute Gasteiger partial charge is 0.214 e. The molecular weight excluding hydrogens is 324 g/mol. The van der Waals surface area contributed by atoms with Crippen LogP contribution in [-0.4, -0.2) is 47.2 Å². The molecule has 0 aliphatic carbocycles. The lowest BCUT2D eigenvalue weighted by atomic mass is 9.86. The second kappa shape index (κ2) is 7.89. The Hall–Kier alpha value is -2.74. The number of rotatable bonds is 8. The fraction of sp³-hybridized carbons (Fsp3) is 0.222. The van der Waals surface area contributed by atoms with Gasteiger partial charge >= 0.3 is 0 Å². The van der Waals surface area contributed by atoms with Gasteiger partial charge in [0.1, 0.15) is 0 Å². The zero-order valence-corrected chi connectivity index (χ0v) is 13.5. The fourth-order valence-corrected chi connectivity index (χ4v) is 2.27. The van der Waals surface area contributed by atoms with Gasteiger partial charge in [0, 0.05) is 22.5 Å². The molecule has 25 heavy (non-hydrogen) atoms. The normalized spacial score (nSPS) is 11.3. The van der Waals surface area contributed by atoms with Crippen molar-refractivity contribution in [1.82, 2.24) is 0 Å². The number of hydrogen-bond acceptors (Lipinski definition) is 7. The lowest BCUT2D eigenvalue weighted by Crippen LogP contribution is -2.51. The summed E-state index contributed by atoms with van der Waals surface area (Å²) in [6.07, 6.45) is 0. The maximum absolute atomic E-state index is 12.8. The Bertz CT molecular complexity index is 684. The van der Waals surface area contributed by atoms with E-state index in [1.54, 1.807) is 0 Å². The lowest BCUT2D eigenvalue weighted by molar-refractivity contribution is -0.0221. The summed E-state index contributed by atoms with van der Waals surface area (Å²) in [5.41, 5.74) is 9.89. The average Bonchev–Trinajstić information content (AvgIpc) is 2.62. The van der Waals surface area contributed by atoms with Crippen LogP contribution in [0.15, 0.2) is 48.5 Å². The van der Waals surface area contributed by atoms with Gasteiger partial charge in [0.05, 0.1) is 19.8 Å². The van der Waals surface area contributed by atoms with Gasteiger partial charge in [-0.3, -0.25) is 9.59 Å². The minimum absolute atomic E-state index is 0.119. The van der Waals surface area contributed by atoms with Gasteiger partial charge in [-0.2, -0.15) is 0 Å². The van der Waals surface area contributed by atoms with E-state index in [4.69, 9.17) is 21.3 Å². The summed E-state index contributed by atoms with van der Waals surface area (Å²) in [4.78, 5) is 25.5. The number of ketones is 2. The molecule has 0 saturated carbocycles. The molecule has 6 N–H and O–H groups in total. The van der Waals surface area contributed by atoms with Crippen LogP contribution in [-0.2, 0) is 4.74 Å². The third-order valence-electron chi connectivity index (χ3n) is 3.64. The highest BCUT2D eigenvalue weighted by Gasteiger charge is 2.45. The van der Waals surface area contributed by atoms with Gasteiger partial charge in [-0.05, 0) is 48.5 Å². The van der Waals surface area contributed by atoms with Gasteiger partial charge in [-0.15, -0.1) is 0 Å². The number of nitrogens with two attached hydrogens (primary N) is 2. The highest BCUT2D eigenvalue weighted by molar-refractivity contribution is 6.22. The van der Waals surface area contributed by atoms with Crippen molar-refractivity contribution < 1.29 is 24.5 Å². The summed E-state index contributed by atoms with van der Waals surface area (Å²) in [6, 6.07) is 11.7. The molecule has 0 aliphatic heterocycles. The molecule has 0 radical (unpaired) electrons. The summed E-state index contributed by atoms with van der Waals surface area (Å²) < 4.78 is 5.09. The first-order valence-corrected chi connectivity index (χ1v) is 7.60. The van der Waals surface area contributed by atoms with Crippen molar-refractivity contribution >= 4 is 22.9 Å². The Morgan fingerprint density at radius 1 is 0.880 bits per heavy atom. The van der Waals surface area contributed by atoms with Crippen LogP contribution >= 0.6 is 0 Å². The van der Waals surface area contributed by atoms with Gasteiger partial charge in [0.15, 0.2) is 0 Å². The first-order valence-electron chi connectivity index (χ1n) is 7.60. The molecule has 132 valence electrons. The first kappa shape index (κ1) is 18.6. The van der Waals surface area contributed by atoms with Crippen LogP contribution in [0.1, 0.15) is 20.7 Å². The number of ether oxygens (including phenoxy) is 1. The molecule has 2 aromatic carbocycles. The second-order valence-electron chi connectivity index (χ2n) is 5.54. The van der Waals surface area contributed by atoms with Crippen molar-refractivity contribution in [3.63, 3.8) is 0 Å². The standard InChI is InChI=1S/C18H20N2O5/c19-14-5-1-12(2-6-14)16(22)18(24,11-25-10-9-21)17(23)13-3-7-15(20)8-4-13/h1-8,21,24H,9-11,19-20H2. The highest BCUT2D eigenvalue weighted by Crippen LogP contribution is 2.22. The fourth-order valence-electron chi connectivity index (χ4n) is 2.27. The van der Waals surface area contributed by atoms with Gasteiger partial charge in [0.25, 0.3) is 0 Å². The third kappa shape index (κ3) is 4.21. The van der Waals surface area contributed by atoms with Crippen LogP contribution in [0.3, 0.4) is 0 Å². The molecule has 0 unspecified atom stereocenters. The number of carbonyl (C=O) groups excluding carboxylic acids is 2.